The third-order valence-electron chi connectivity index (χ3n) is 2.28. The summed E-state index contributed by atoms with van der Waals surface area (Å²) >= 11 is 0. The van der Waals surface area contributed by atoms with Crippen molar-refractivity contribution in [2.75, 3.05) is 7.11 Å². The summed E-state index contributed by atoms with van der Waals surface area (Å²) in [4.78, 5) is 0. The van der Waals surface area contributed by atoms with Crippen LogP contribution >= 0.6 is 0 Å². The van der Waals surface area contributed by atoms with Gasteiger partial charge in [0.05, 0.1) is 7.11 Å². The second-order valence-electron chi connectivity index (χ2n) is 3.39. The van der Waals surface area contributed by atoms with Crippen molar-refractivity contribution >= 4 is 0 Å². The fourth-order valence-corrected chi connectivity index (χ4v) is 1.48. The zero-order valence-corrected chi connectivity index (χ0v) is 8.76. The summed E-state index contributed by atoms with van der Waals surface area (Å²) in [5, 5.41) is 0. The highest BCUT2D eigenvalue weighted by Crippen LogP contribution is 2.24. The first-order valence-electron chi connectivity index (χ1n) is 4.88. The minimum Gasteiger partial charge on any atom is -0.497 e. The number of hydrogen-bond acceptors (Lipinski definition) is 1. The van der Waals surface area contributed by atoms with Crippen LogP contribution in [-0.2, 0) is 4.74 Å². The Morgan fingerprint density at radius 1 is 1.46 bits per heavy atom. The van der Waals surface area contributed by atoms with Crippen molar-refractivity contribution in [3.63, 3.8) is 0 Å². The van der Waals surface area contributed by atoms with Gasteiger partial charge in [-0.2, -0.15) is 0 Å². The predicted octanol–water partition coefficient (Wildman–Crippen LogP) is 3.59. The number of hydrogen-bond donors (Lipinski definition) is 0. The summed E-state index contributed by atoms with van der Waals surface area (Å²) in [6.45, 7) is 4.30. The predicted molar refractivity (Wildman–Crippen MR) is 56.5 cm³/mol. The molecule has 0 fully saturated rings. The Morgan fingerprint density at radius 3 is 2.69 bits per heavy atom. The molecular weight excluding hydrogens is 160 g/mol. The van der Waals surface area contributed by atoms with E-state index in [0.717, 1.165) is 25.0 Å². The summed E-state index contributed by atoms with van der Waals surface area (Å²) in [6.07, 6.45) is 9.80. The van der Waals surface area contributed by atoms with Crippen LogP contribution in [0.1, 0.15) is 33.1 Å². The van der Waals surface area contributed by atoms with Gasteiger partial charge in [0.25, 0.3) is 0 Å². The lowest BCUT2D eigenvalue weighted by molar-refractivity contribution is 0.296. The fraction of sp³-hybridized carbons (Fsp3) is 0.500. The van der Waals surface area contributed by atoms with Gasteiger partial charge in [0.15, 0.2) is 0 Å². The zero-order chi connectivity index (χ0) is 9.68. The highest BCUT2D eigenvalue weighted by Gasteiger charge is 2.07. The van der Waals surface area contributed by atoms with Crippen LogP contribution < -0.4 is 0 Å². The standard InChI is InChI=1S/C12H18O/c1-4-5-12(13-3)11-8-6-10(2)7-9-11/h5-6,8H,4,7,9H2,1-3H3/b12-5-. The maximum atomic E-state index is 5.33. The maximum absolute atomic E-state index is 5.33. The highest BCUT2D eigenvalue weighted by atomic mass is 16.5. The largest absolute Gasteiger partial charge is 0.497 e. The van der Waals surface area contributed by atoms with Gasteiger partial charge in [-0.3, -0.25) is 0 Å². The number of ether oxygens (including phenoxy) is 1. The van der Waals surface area contributed by atoms with E-state index in [1.54, 1.807) is 7.11 Å². The summed E-state index contributed by atoms with van der Waals surface area (Å²) in [7, 11) is 1.74. The molecule has 0 saturated carbocycles. The number of allylic oxidation sites excluding steroid dienone is 5. The molecule has 0 radical (unpaired) electrons. The molecule has 0 unspecified atom stereocenters. The number of rotatable bonds is 3. The van der Waals surface area contributed by atoms with Gasteiger partial charge >= 0.3 is 0 Å². The Morgan fingerprint density at radius 2 is 2.23 bits per heavy atom. The van der Waals surface area contributed by atoms with Crippen LogP contribution in [0.2, 0.25) is 0 Å². The molecule has 0 saturated heterocycles. The average Bonchev–Trinajstić information content (AvgIpc) is 2.16. The Kier molecular flexibility index (Phi) is 3.81. The van der Waals surface area contributed by atoms with Crippen LogP contribution in [0.3, 0.4) is 0 Å². The lowest BCUT2D eigenvalue weighted by Crippen LogP contribution is -1.97. The molecule has 1 aliphatic rings. The Bertz CT molecular complexity index is 256. The molecule has 0 amide bonds. The average molecular weight is 178 g/mol. The SMILES string of the molecule is CC/C=C(\OC)C1=CC=C(C)CC1. The Balaban J connectivity index is 2.76. The summed E-state index contributed by atoms with van der Waals surface area (Å²) < 4.78 is 5.33. The van der Waals surface area contributed by atoms with Crippen molar-refractivity contribution in [3.8, 4) is 0 Å². The fourth-order valence-electron chi connectivity index (χ4n) is 1.48. The van der Waals surface area contributed by atoms with Gasteiger partial charge in [0, 0.05) is 0 Å². The van der Waals surface area contributed by atoms with E-state index in [1.165, 1.54) is 11.1 Å². The third kappa shape index (κ3) is 2.76. The molecule has 0 aliphatic heterocycles. The quantitative estimate of drug-likeness (QED) is 0.600. The van der Waals surface area contributed by atoms with Gasteiger partial charge < -0.3 is 4.74 Å². The molecule has 1 heteroatoms. The normalized spacial score (nSPS) is 17.9. The van der Waals surface area contributed by atoms with Crippen LogP contribution in [0.25, 0.3) is 0 Å². The monoisotopic (exact) mass is 178 g/mol. The molecule has 0 aromatic carbocycles. The van der Waals surface area contributed by atoms with E-state index < -0.39 is 0 Å². The van der Waals surface area contributed by atoms with E-state index in [0.29, 0.717) is 0 Å². The summed E-state index contributed by atoms with van der Waals surface area (Å²) in [5.41, 5.74) is 2.78. The second-order valence-corrected chi connectivity index (χ2v) is 3.39. The third-order valence-corrected chi connectivity index (χ3v) is 2.28. The van der Waals surface area contributed by atoms with E-state index in [9.17, 15) is 0 Å². The molecule has 0 aromatic rings. The first kappa shape index (κ1) is 10.1. The van der Waals surface area contributed by atoms with Gasteiger partial charge in [0.1, 0.15) is 5.76 Å². The van der Waals surface area contributed by atoms with E-state index in [1.807, 2.05) is 0 Å². The van der Waals surface area contributed by atoms with Gasteiger partial charge in [-0.15, -0.1) is 0 Å². The van der Waals surface area contributed by atoms with Crippen molar-refractivity contribution < 1.29 is 4.74 Å². The van der Waals surface area contributed by atoms with Crippen LogP contribution in [0, 0.1) is 0 Å². The van der Waals surface area contributed by atoms with Crippen molar-refractivity contribution in [3.05, 3.63) is 35.1 Å². The number of methoxy groups -OCH3 is 1. The van der Waals surface area contributed by atoms with Crippen LogP contribution in [0.15, 0.2) is 35.1 Å². The van der Waals surface area contributed by atoms with Crippen molar-refractivity contribution in [2.24, 2.45) is 0 Å². The van der Waals surface area contributed by atoms with Crippen LogP contribution in [0.4, 0.5) is 0 Å². The molecule has 72 valence electrons. The minimum absolute atomic E-state index is 1.03. The first-order chi connectivity index (χ1) is 6.27. The van der Waals surface area contributed by atoms with E-state index in [2.05, 4.69) is 32.1 Å². The molecule has 13 heavy (non-hydrogen) atoms. The molecule has 0 spiro atoms. The molecule has 0 heterocycles. The molecule has 1 aliphatic carbocycles. The molecular formula is C12H18O. The Labute approximate surface area is 80.8 Å². The van der Waals surface area contributed by atoms with Gasteiger partial charge in [-0.05, 0) is 37.8 Å². The second kappa shape index (κ2) is 4.90. The molecule has 1 rings (SSSR count). The topological polar surface area (TPSA) is 9.23 Å². The molecule has 0 atom stereocenters. The van der Waals surface area contributed by atoms with Crippen molar-refractivity contribution in [1.82, 2.24) is 0 Å². The summed E-state index contributed by atoms with van der Waals surface area (Å²) in [5.74, 6) is 1.05. The maximum Gasteiger partial charge on any atom is 0.118 e. The van der Waals surface area contributed by atoms with E-state index in [-0.39, 0.29) is 0 Å². The lowest BCUT2D eigenvalue weighted by atomic mass is 9.98. The summed E-state index contributed by atoms with van der Waals surface area (Å²) in [6, 6.07) is 0. The Hall–Kier alpha value is -0.980. The molecule has 0 N–H and O–H groups in total. The minimum atomic E-state index is 1.03. The van der Waals surface area contributed by atoms with E-state index >= 15 is 0 Å². The first-order valence-corrected chi connectivity index (χ1v) is 4.88. The lowest BCUT2D eigenvalue weighted by Gasteiger charge is -2.14. The zero-order valence-electron chi connectivity index (χ0n) is 8.76. The van der Waals surface area contributed by atoms with Crippen molar-refractivity contribution in [1.29, 1.82) is 0 Å². The van der Waals surface area contributed by atoms with Crippen LogP contribution in [0.5, 0.6) is 0 Å². The smallest absolute Gasteiger partial charge is 0.118 e. The van der Waals surface area contributed by atoms with Gasteiger partial charge in [0.2, 0.25) is 0 Å². The molecule has 1 nitrogen and oxygen atoms in total. The molecule has 0 aromatic heterocycles. The van der Waals surface area contributed by atoms with Gasteiger partial charge in [-0.25, -0.2) is 0 Å². The van der Waals surface area contributed by atoms with Crippen molar-refractivity contribution in [2.45, 2.75) is 33.1 Å². The van der Waals surface area contributed by atoms with Gasteiger partial charge in [-0.1, -0.05) is 24.6 Å². The van der Waals surface area contributed by atoms with E-state index in [4.69, 9.17) is 4.74 Å². The highest BCUT2D eigenvalue weighted by molar-refractivity contribution is 5.34. The molecule has 0 bridgehead atoms. The van der Waals surface area contributed by atoms with Crippen LogP contribution in [-0.4, -0.2) is 7.11 Å².